The number of hydrogen-bond donors (Lipinski definition) is 1. The molecule has 312 valence electrons. The molecule has 4 aliphatic heterocycles. The molecule has 7 aromatic rings. The molecule has 2 amide bonds. The van der Waals surface area contributed by atoms with Gasteiger partial charge >= 0.3 is 0 Å². The van der Waals surface area contributed by atoms with Crippen LogP contribution in [0, 0.1) is 0 Å². The number of likely N-dealkylation sites (tertiary alicyclic amines) is 1. The summed E-state index contributed by atoms with van der Waals surface area (Å²) in [4.78, 5) is 36.1. The molecular weight excluding hydrogens is 811 g/mol. The summed E-state index contributed by atoms with van der Waals surface area (Å²) in [6.07, 6.45) is 1.79. The lowest BCUT2D eigenvalue weighted by atomic mass is 9.89. The summed E-state index contributed by atoms with van der Waals surface area (Å²) < 4.78 is 0. The number of anilines is 2. The molecule has 63 heavy (non-hydrogen) atoms. The number of rotatable bonds is 8. The number of carbonyl (C=O) groups is 2. The fraction of sp³-hybridized carbons (Fsp3) is 0.200. The van der Waals surface area contributed by atoms with Gasteiger partial charge in [-0.1, -0.05) is 133 Å². The molecule has 2 fully saturated rings. The number of amides is 2. The van der Waals surface area contributed by atoms with E-state index < -0.39 is 15.8 Å². The summed E-state index contributed by atoms with van der Waals surface area (Å²) in [6, 6.07) is 64.6. The van der Waals surface area contributed by atoms with Gasteiger partial charge < -0.3 is 20.0 Å². The Morgan fingerprint density at radius 1 is 0.492 bits per heavy atom. The van der Waals surface area contributed by atoms with Crippen LogP contribution in [-0.2, 0) is 0 Å². The van der Waals surface area contributed by atoms with E-state index in [1.165, 1.54) is 43.0 Å². The van der Waals surface area contributed by atoms with Crippen molar-refractivity contribution < 1.29 is 9.59 Å². The largest absolute Gasteiger partial charge is 0.316 e. The quantitative estimate of drug-likeness (QED) is 0.159. The predicted molar refractivity (Wildman–Crippen MR) is 263 cm³/mol. The molecule has 6 nitrogen and oxygen atoms in total. The summed E-state index contributed by atoms with van der Waals surface area (Å²) in [5.74, 6) is 0.419. The number of nitrogens with zero attached hydrogens (tertiary/aromatic N) is 3. The van der Waals surface area contributed by atoms with Crippen LogP contribution in [0.25, 0.3) is 0 Å². The van der Waals surface area contributed by atoms with Gasteiger partial charge in [0.05, 0.1) is 0 Å². The van der Waals surface area contributed by atoms with Crippen molar-refractivity contribution in [1.29, 1.82) is 0 Å². The van der Waals surface area contributed by atoms with Crippen molar-refractivity contribution in [2.45, 2.75) is 36.8 Å². The van der Waals surface area contributed by atoms with E-state index in [2.05, 4.69) is 185 Å². The van der Waals surface area contributed by atoms with Crippen molar-refractivity contribution in [2.24, 2.45) is 0 Å². The minimum absolute atomic E-state index is 0.000711. The molecule has 0 spiro atoms. The van der Waals surface area contributed by atoms with Crippen molar-refractivity contribution >= 4 is 70.9 Å². The maximum atomic E-state index is 14.8. The fourth-order valence-corrected chi connectivity index (χ4v) is 15.4. The summed E-state index contributed by atoms with van der Waals surface area (Å²) in [6.45, 7) is 3.56. The summed E-state index contributed by atoms with van der Waals surface area (Å²) >= 11 is 0. The second kappa shape index (κ2) is 17.1. The van der Waals surface area contributed by atoms with Gasteiger partial charge in [-0.15, -0.1) is 0 Å². The molecule has 11 rings (SSSR count). The maximum Gasteiger partial charge on any atom is 0.258 e. The molecule has 4 heterocycles. The molecule has 0 aromatic heterocycles. The maximum absolute atomic E-state index is 14.8. The zero-order valence-electron chi connectivity index (χ0n) is 35.4. The van der Waals surface area contributed by atoms with Crippen molar-refractivity contribution in [1.82, 2.24) is 10.2 Å². The second-order valence-corrected chi connectivity index (χ2v) is 21.8. The van der Waals surface area contributed by atoms with Crippen LogP contribution < -0.4 is 46.9 Å². The van der Waals surface area contributed by atoms with E-state index in [0.717, 1.165) is 50.4 Å². The van der Waals surface area contributed by atoms with E-state index >= 15 is 0 Å². The van der Waals surface area contributed by atoms with E-state index in [9.17, 15) is 9.59 Å². The van der Waals surface area contributed by atoms with Crippen LogP contribution in [0.5, 0.6) is 0 Å². The van der Waals surface area contributed by atoms with Crippen molar-refractivity contribution in [2.75, 3.05) is 43.0 Å². The Hall–Kier alpha value is -5.74. The van der Waals surface area contributed by atoms with Crippen LogP contribution in [0.1, 0.15) is 56.5 Å². The Balaban J connectivity index is 0.896. The zero-order chi connectivity index (χ0) is 42.4. The van der Waals surface area contributed by atoms with Gasteiger partial charge in [0.1, 0.15) is 0 Å². The van der Waals surface area contributed by atoms with Crippen LogP contribution in [0.4, 0.5) is 11.4 Å². The lowest BCUT2D eigenvalue weighted by molar-refractivity contribution is 0.0957. The number of piperidine rings is 2. The highest BCUT2D eigenvalue weighted by Crippen LogP contribution is 2.48. The van der Waals surface area contributed by atoms with Crippen molar-refractivity contribution in [3.63, 3.8) is 0 Å². The lowest BCUT2D eigenvalue weighted by Gasteiger charge is -2.36. The molecule has 0 aliphatic carbocycles. The monoisotopic (exact) mass is 860 g/mol. The summed E-state index contributed by atoms with van der Waals surface area (Å²) in [5.41, 5.74) is 5.74. The number of carbonyl (C=O) groups excluding carboxylic acids is 2. The average Bonchev–Trinajstić information content (AvgIpc) is 3.84. The Bertz CT molecular complexity index is 2690. The van der Waals surface area contributed by atoms with Crippen LogP contribution in [0.3, 0.4) is 0 Å². The zero-order valence-corrected chi connectivity index (χ0v) is 37.2. The normalized spacial score (nSPS) is 20.3. The third kappa shape index (κ3) is 7.34. The molecule has 0 saturated carbocycles. The van der Waals surface area contributed by atoms with E-state index in [-0.39, 0.29) is 35.7 Å². The van der Waals surface area contributed by atoms with Crippen LogP contribution in [0.15, 0.2) is 182 Å². The molecule has 0 radical (unpaired) electrons. The van der Waals surface area contributed by atoms with Crippen LogP contribution >= 0.6 is 15.8 Å². The number of likely N-dealkylation sites (N-methyl/N-ethyl adjacent to an activating group) is 1. The molecule has 4 aliphatic rings. The number of nitrogens with one attached hydrogen (secondary N) is 1. The van der Waals surface area contributed by atoms with Gasteiger partial charge in [-0.3, -0.25) is 9.59 Å². The van der Waals surface area contributed by atoms with Gasteiger partial charge in [0, 0.05) is 59.5 Å². The first-order valence-corrected chi connectivity index (χ1v) is 24.9. The predicted octanol–water partition coefficient (Wildman–Crippen LogP) is 7.76. The molecule has 8 heteroatoms. The van der Waals surface area contributed by atoms with E-state index in [1.54, 1.807) is 0 Å². The lowest BCUT2D eigenvalue weighted by Crippen LogP contribution is -2.47. The van der Waals surface area contributed by atoms with Crippen molar-refractivity contribution in [3.8, 4) is 0 Å². The molecular formula is C55H50N4O2P2. The molecule has 0 bridgehead atoms. The highest BCUT2D eigenvalue weighted by molar-refractivity contribution is 7.80. The highest BCUT2D eigenvalue weighted by Gasteiger charge is 2.46. The Morgan fingerprint density at radius 3 is 1.35 bits per heavy atom. The second-order valence-electron chi connectivity index (χ2n) is 17.3. The number of hydrogen-bond acceptors (Lipinski definition) is 4. The minimum Gasteiger partial charge on any atom is -0.316 e. The topological polar surface area (TPSA) is 55.9 Å². The summed E-state index contributed by atoms with van der Waals surface area (Å²) in [5, 5.41) is 11.5. The van der Waals surface area contributed by atoms with Gasteiger partial charge in [0.2, 0.25) is 0 Å². The fourth-order valence-electron chi connectivity index (χ4n) is 10.7. The van der Waals surface area contributed by atoms with E-state index in [0.29, 0.717) is 11.1 Å². The first-order chi connectivity index (χ1) is 31.0. The number of benzene rings is 7. The van der Waals surface area contributed by atoms with Gasteiger partial charge in [0.25, 0.3) is 11.8 Å². The smallest absolute Gasteiger partial charge is 0.258 e. The molecule has 7 aromatic carbocycles. The van der Waals surface area contributed by atoms with Gasteiger partial charge in [-0.25, -0.2) is 0 Å². The van der Waals surface area contributed by atoms with Crippen LogP contribution in [-0.4, -0.2) is 62.0 Å². The van der Waals surface area contributed by atoms with Gasteiger partial charge in [-0.2, -0.15) is 0 Å². The molecule has 4 unspecified atom stereocenters. The average molecular weight is 861 g/mol. The highest BCUT2D eigenvalue weighted by atomic mass is 31.1. The third-order valence-corrected chi connectivity index (χ3v) is 18.5. The van der Waals surface area contributed by atoms with E-state index in [1.807, 2.05) is 24.3 Å². The first-order valence-electron chi connectivity index (χ1n) is 22.3. The minimum atomic E-state index is -0.777. The first kappa shape index (κ1) is 40.1. The Kier molecular flexibility index (Phi) is 10.9. The number of fused-ring (bicyclic) bond motifs is 6. The third-order valence-electron chi connectivity index (χ3n) is 13.6. The molecule has 1 N–H and O–H groups in total. The van der Waals surface area contributed by atoms with Crippen molar-refractivity contribution in [3.05, 3.63) is 204 Å². The molecule has 4 atom stereocenters. The standard InChI is InChI=1S/C55H50N4O2P2/c1-57-33-31-53-49(37-57)47-35-45(63(42-18-10-4-11-19-42)43-20-12-5-13-21-43)27-29-51(47)59(53)55(61)39-24-22-38(23-25-39)54(60)58-50-28-26-44(34-46(50)48-36-56-32-30-52(48)58)62(40-14-6-2-7-15-40)41-16-8-3-9-17-41/h2-29,34-35,48-49,52-53,56H,30-33,36-37H2,1H3. The van der Waals surface area contributed by atoms with E-state index in [4.69, 9.17) is 0 Å². The summed E-state index contributed by atoms with van der Waals surface area (Å²) in [7, 11) is 0.641. The van der Waals surface area contributed by atoms with Crippen LogP contribution in [0.2, 0.25) is 0 Å². The van der Waals surface area contributed by atoms with Gasteiger partial charge in [0.15, 0.2) is 0 Å². The Labute approximate surface area is 373 Å². The van der Waals surface area contributed by atoms with Gasteiger partial charge in [-0.05, 0) is 140 Å². The molecule has 2 saturated heterocycles. The SMILES string of the molecule is CN1CCC2C(C1)c1cc(P(c3ccccc3)c3ccccc3)ccc1N2C(=O)c1ccc(C(=O)N2c3ccc(P(c4ccccc4)c4ccccc4)cc3C3CNCCC32)cc1. The Morgan fingerprint density at radius 2 is 0.905 bits per heavy atom.